The number of β-amino-alcohol motifs (C(OH)–C–C–N with tert-alkyl or cyclic N) is 1. The minimum absolute atomic E-state index is 0.136. The van der Waals surface area contributed by atoms with Crippen molar-refractivity contribution >= 4 is 0 Å². The van der Waals surface area contributed by atoms with Crippen molar-refractivity contribution in [2.75, 3.05) is 39.3 Å². The number of ether oxygens (including phenoxy) is 1. The third-order valence-electron chi connectivity index (χ3n) is 5.40. The van der Waals surface area contributed by atoms with Crippen LogP contribution in [0.2, 0.25) is 0 Å². The maximum atomic E-state index is 10.1. The highest BCUT2D eigenvalue weighted by Gasteiger charge is 2.21. The topological polar surface area (TPSA) is 101 Å². The van der Waals surface area contributed by atoms with Crippen LogP contribution in [-0.4, -0.2) is 86.6 Å². The van der Waals surface area contributed by atoms with Gasteiger partial charge in [0.25, 0.3) is 0 Å². The Labute approximate surface area is 188 Å². The van der Waals surface area contributed by atoms with Crippen molar-refractivity contribution in [2.24, 2.45) is 0 Å². The number of hydrogen-bond donors (Lipinski definition) is 1. The number of aliphatic hydroxyl groups excluding tert-OH is 1. The normalized spacial score (nSPS) is 16.5. The van der Waals surface area contributed by atoms with E-state index < -0.39 is 6.10 Å². The predicted molar refractivity (Wildman–Crippen MR) is 120 cm³/mol. The standard InChI is InChI=1S/C23H30N6O3/c1-17(2)31-15-20(30)13-28-9-11-29(12-10-28)14-22-26-23(27-32-22)19-5-3-18(4-6-19)21-7-8-24-16-25-21/h3-8,16-17,20,30H,9-15H2,1-2H3. The Hall–Kier alpha value is -2.72. The van der Waals surface area contributed by atoms with E-state index in [-0.39, 0.29) is 6.10 Å². The van der Waals surface area contributed by atoms with Crippen molar-refractivity contribution in [2.45, 2.75) is 32.6 Å². The van der Waals surface area contributed by atoms with Crippen LogP contribution < -0.4 is 0 Å². The van der Waals surface area contributed by atoms with Crippen LogP contribution in [0.15, 0.2) is 47.4 Å². The molecule has 1 aliphatic rings. The number of aliphatic hydroxyl groups is 1. The van der Waals surface area contributed by atoms with E-state index in [1.165, 1.54) is 6.33 Å². The first-order chi connectivity index (χ1) is 15.6. The molecule has 32 heavy (non-hydrogen) atoms. The van der Waals surface area contributed by atoms with Crippen molar-refractivity contribution in [1.29, 1.82) is 0 Å². The number of piperazine rings is 1. The maximum Gasteiger partial charge on any atom is 0.241 e. The van der Waals surface area contributed by atoms with Gasteiger partial charge in [-0.2, -0.15) is 4.98 Å². The lowest BCUT2D eigenvalue weighted by atomic mass is 10.1. The molecule has 3 heterocycles. The minimum atomic E-state index is -0.455. The maximum absolute atomic E-state index is 10.1. The van der Waals surface area contributed by atoms with E-state index in [2.05, 4.69) is 29.9 Å². The average molecular weight is 439 g/mol. The third-order valence-corrected chi connectivity index (χ3v) is 5.40. The van der Waals surface area contributed by atoms with Gasteiger partial charge in [0.2, 0.25) is 11.7 Å². The molecule has 0 bridgehead atoms. The van der Waals surface area contributed by atoms with Crippen molar-refractivity contribution < 1.29 is 14.4 Å². The van der Waals surface area contributed by atoms with E-state index in [1.807, 2.05) is 44.2 Å². The summed E-state index contributed by atoms with van der Waals surface area (Å²) >= 11 is 0. The lowest BCUT2D eigenvalue weighted by Gasteiger charge is -2.34. The highest BCUT2D eigenvalue weighted by atomic mass is 16.5. The Morgan fingerprint density at radius 1 is 1.03 bits per heavy atom. The molecule has 9 nitrogen and oxygen atoms in total. The second-order valence-electron chi connectivity index (χ2n) is 8.30. The quantitative estimate of drug-likeness (QED) is 0.538. The Balaban J connectivity index is 1.26. The van der Waals surface area contributed by atoms with Crippen LogP contribution in [0.1, 0.15) is 19.7 Å². The summed E-state index contributed by atoms with van der Waals surface area (Å²) in [4.78, 5) is 17.3. The van der Waals surface area contributed by atoms with Crippen LogP contribution in [0.4, 0.5) is 0 Å². The molecule has 0 saturated carbocycles. The van der Waals surface area contributed by atoms with Gasteiger partial charge in [0.05, 0.1) is 31.1 Å². The minimum Gasteiger partial charge on any atom is -0.389 e. The van der Waals surface area contributed by atoms with Gasteiger partial charge in [-0.15, -0.1) is 0 Å². The lowest BCUT2D eigenvalue weighted by molar-refractivity contribution is -0.0152. The van der Waals surface area contributed by atoms with E-state index in [0.717, 1.165) is 43.0 Å². The fraction of sp³-hybridized carbons (Fsp3) is 0.478. The molecule has 3 aromatic rings. The fourth-order valence-corrected chi connectivity index (χ4v) is 3.66. The van der Waals surface area contributed by atoms with Gasteiger partial charge in [-0.3, -0.25) is 9.80 Å². The van der Waals surface area contributed by atoms with Crippen molar-refractivity contribution in [3.05, 3.63) is 48.7 Å². The first-order valence-electron chi connectivity index (χ1n) is 11.0. The first kappa shape index (κ1) is 22.5. The van der Waals surface area contributed by atoms with E-state index >= 15 is 0 Å². The molecule has 1 atom stereocenters. The van der Waals surface area contributed by atoms with E-state index in [9.17, 15) is 5.11 Å². The second kappa shape index (κ2) is 10.7. The van der Waals surface area contributed by atoms with Gasteiger partial charge in [-0.05, 0) is 19.9 Å². The molecular formula is C23H30N6O3. The summed E-state index contributed by atoms with van der Waals surface area (Å²) in [5, 5.41) is 14.3. The number of nitrogens with zero attached hydrogens (tertiary/aromatic N) is 6. The summed E-state index contributed by atoms with van der Waals surface area (Å²) in [6.45, 7) is 9.16. The molecule has 1 aromatic carbocycles. The average Bonchev–Trinajstić information content (AvgIpc) is 3.28. The summed E-state index contributed by atoms with van der Waals surface area (Å²) in [6.07, 6.45) is 2.95. The zero-order chi connectivity index (χ0) is 22.3. The molecule has 1 saturated heterocycles. The SMILES string of the molecule is CC(C)OCC(O)CN1CCN(Cc2nc(-c3ccc(-c4ccncn4)cc3)no2)CC1. The Morgan fingerprint density at radius 2 is 1.75 bits per heavy atom. The molecule has 9 heteroatoms. The number of benzene rings is 1. The van der Waals surface area contributed by atoms with E-state index in [4.69, 9.17) is 9.26 Å². The number of hydrogen-bond acceptors (Lipinski definition) is 9. The van der Waals surface area contributed by atoms with Crippen LogP contribution in [0.5, 0.6) is 0 Å². The van der Waals surface area contributed by atoms with Crippen molar-refractivity contribution in [1.82, 2.24) is 29.9 Å². The zero-order valence-corrected chi connectivity index (χ0v) is 18.6. The molecule has 2 aromatic heterocycles. The highest BCUT2D eigenvalue weighted by molar-refractivity contribution is 5.64. The summed E-state index contributed by atoms with van der Waals surface area (Å²) in [7, 11) is 0. The Kier molecular flexibility index (Phi) is 7.54. The molecule has 0 radical (unpaired) electrons. The van der Waals surface area contributed by atoms with Crippen LogP contribution >= 0.6 is 0 Å². The first-order valence-corrected chi connectivity index (χ1v) is 11.0. The van der Waals surface area contributed by atoms with Gasteiger partial charge >= 0.3 is 0 Å². The summed E-state index contributed by atoms with van der Waals surface area (Å²) in [5.41, 5.74) is 2.79. The third kappa shape index (κ3) is 6.17. The molecule has 170 valence electrons. The lowest BCUT2D eigenvalue weighted by Crippen LogP contribution is -2.48. The van der Waals surface area contributed by atoms with E-state index in [0.29, 0.717) is 31.4 Å². The summed E-state index contributed by atoms with van der Waals surface area (Å²) < 4.78 is 11.0. The summed E-state index contributed by atoms with van der Waals surface area (Å²) in [5.74, 6) is 1.19. The zero-order valence-electron chi connectivity index (χ0n) is 18.6. The van der Waals surface area contributed by atoms with E-state index in [1.54, 1.807) is 6.20 Å². The molecular weight excluding hydrogens is 408 g/mol. The van der Waals surface area contributed by atoms with Gasteiger partial charge < -0.3 is 14.4 Å². The molecule has 0 amide bonds. The highest BCUT2D eigenvalue weighted by Crippen LogP contribution is 2.22. The number of rotatable bonds is 9. The van der Waals surface area contributed by atoms with Gasteiger partial charge in [0.1, 0.15) is 6.33 Å². The monoisotopic (exact) mass is 438 g/mol. The largest absolute Gasteiger partial charge is 0.389 e. The molecule has 0 aliphatic carbocycles. The smallest absolute Gasteiger partial charge is 0.241 e. The van der Waals surface area contributed by atoms with Gasteiger partial charge in [-0.1, -0.05) is 29.4 Å². The second-order valence-corrected chi connectivity index (χ2v) is 8.30. The van der Waals surface area contributed by atoms with Crippen LogP contribution in [0.25, 0.3) is 22.6 Å². The van der Waals surface area contributed by atoms with Crippen molar-refractivity contribution in [3.8, 4) is 22.6 Å². The molecule has 1 aliphatic heterocycles. The molecule has 0 spiro atoms. The Bertz CT molecular complexity index is 955. The molecule has 1 N–H and O–H groups in total. The van der Waals surface area contributed by atoms with Gasteiger partial charge in [0.15, 0.2) is 0 Å². The van der Waals surface area contributed by atoms with Crippen LogP contribution in [-0.2, 0) is 11.3 Å². The fourth-order valence-electron chi connectivity index (χ4n) is 3.66. The van der Waals surface area contributed by atoms with Gasteiger partial charge in [-0.25, -0.2) is 9.97 Å². The van der Waals surface area contributed by atoms with Crippen LogP contribution in [0.3, 0.4) is 0 Å². The summed E-state index contributed by atoms with van der Waals surface area (Å²) in [6, 6.07) is 9.81. The molecule has 1 fully saturated rings. The predicted octanol–water partition coefficient (Wildman–Crippen LogP) is 2.10. The number of aromatic nitrogens is 4. The molecule has 4 rings (SSSR count). The molecule has 1 unspecified atom stereocenters. The Morgan fingerprint density at radius 3 is 2.44 bits per heavy atom. The van der Waals surface area contributed by atoms with Crippen LogP contribution in [0, 0.1) is 0 Å². The van der Waals surface area contributed by atoms with Gasteiger partial charge in [0, 0.05) is 50.0 Å². The van der Waals surface area contributed by atoms with Crippen molar-refractivity contribution in [3.63, 3.8) is 0 Å².